The molecule has 4 aliphatic rings. The second kappa shape index (κ2) is 6.20. The van der Waals surface area contributed by atoms with Gasteiger partial charge in [-0.05, 0) is 48.5 Å². The predicted molar refractivity (Wildman–Crippen MR) is 99.8 cm³/mol. The van der Waals surface area contributed by atoms with Crippen LogP contribution < -0.4 is 0 Å². The summed E-state index contributed by atoms with van der Waals surface area (Å²) in [6.45, 7) is 9.53. The molecule has 1 spiro atoms. The lowest BCUT2D eigenvalue weighted by Crippen LogP contribution is -2.62. The number of epoxide rings is 1. The third-order valence-corrected chi connectivity index (χ3v) is 8.02. The Morgan fingerprint density at radius 1 is 1.37 bits per heavy atom. The first-order chi connectivity index (χ1) is 12.7. The van der Waals surface area contributed by atoms with Crippen LogP contribution in [0.4, 0.5) is 0 Å². The lowest BCUT2D eigenvalue weighted by atomic mass is 9.44. The van der Waals surface area contributed by atoms with Gasteiger partial charge in [-0.1, -0.05) is 32.9 Å². The zero-order valence-corrected chi connectivity index (χ0v) is 16.7. The maximum atomic E-state index is 11.8. The molecular formula is C22H30O5. The van der Waals surface area contributed by atoms with E-state index in [1.807, 2.05) is 0 Å². The summed E-state index contributed by atoms with van der Waals surface area (Å²) in [6, 6.07) is 0. The van der Waals surface area contributed by atoms with E-state index in [0.717, 1.165) is 31.3 Å². The fourth-order valence-electron chi connectivity index (χ4n) is 6.01. The molecule has 0 aromatic heterocycles. The zero-order valence-electron chi connectivity index (χ0n) is 16.7. The second-order valence-electron chi connectivity index (χ2n) is 9.30. The van der Waals surface area contributed by atoms with E-state index >= 15 is 0 Å². The summed E-state index contributed by atoms with van der Waals surface area (Å²) in [5.74, 6) is 0.315. The Bertz CT molecular complexity index is 718. The maximum Gasteiger partial charge on any atom is 0.331 e. The minimum absolute atomic E-state index is 0.0710. The number of cyclic esters (lactones) is 1. The van der Waals surface area contributed by atoms with Gasteiger partial charge in [0.2, 0.25) is 0 Å². The predicted octanol–water partition coefficient (Wildman–Crippen LogP) is 3.58. The van der Waals surface area contributed by atoms with Crippen molar-refractivity contribution in [2.24, 2.45) is 22.7 Å². The zero-order chi connectivity index (χ0) is 19.4. The lowest BCUT2D eigenvalue weighted by Gasteiger charge is -2.61. The normalized spacial score (nSPS) is 45.3. The van der Waals surface area contributed by atoms with Gasteiger partial charge >= 0.3 is 11.9 Å². The van der Waals surface area contributed by atoms with Crippen molar-refractivity contribution in [2.45, 2.75) is 65.1 Å². The molecule has 0 amide bonds. The molecule has 4 rings (SSSR count). The number of hydrogen-bond donors (Lipinski definition) is 0. The van der Waals surface area contributed by atoms with E-state index in [1.165, 1.54) is 6.92 Å². The summed E-state index contributed by atoms with van der Waals surface area (Å²) in [6.07, 6.45) is 9.63. The molecule has 0 aromatic carbocycles. The monoisotopic (exact) mass is 374 g/mol. The van der Waals surface area contributed by atoms with Crippen molar-refractivity contribution in [3.63, 3.8) is 0 Å². The molecule has 27 heavy (non-hydrogen) atoms. The van der Waals surface area contributed by atoms with Crippen molar-refractivity contribution in [1.82, 2.24) is 0 Å². The number of fused-ring (bicyclic) bond motifs is 2. The number of carbonyl (C=O) groups excluding carboxylic acids is 2. The molecule has 0 N–H and O–H groups in total. The van der Waals surface area contributed by atoms with Crippen LogP contribution in [0.1, 0.15) is 53.4 Å². The van der Waals surface area contributed by atoms with Gasteiger partial charge in [0.25, 0.3) is 0 Å². The molecule has 6 unspecified atom stereocenters. The van der Waals surface area contributed by atoms with E-state index in [9.17, 15) is 9.59 Å². The molecule has 148 valence electrons. The smallest absolute Gasteiger partial charge is 0.331 e. The van der Waals surface area contributed by atoms with Crippen molar-refractivity contribution in [3.05, 3.63) is 23.8 Å². The van der Waals surface area contributed by atoms with E-state index < -0.39 is 0 Å². The van der Waals surface area contributed by atoms with E-state index in [4.69, 9.17) is 14.2 Å². The molecule has 2 fully saturated rings. The Morgan fingerprint density at radius 3 is 2.70 bits per heavy atom. The average Bonchev–Trinajstić information content (AvgIpc) is 3.27. The fourth-order valence-corrected chi connectivity index (χ4v) is 6.01. The molecule has 5 heteroatoms. The summed E-state index contributed by atoms with van der Waals surface area (Å²) in [4.78, 5) is 23.2. The summed E-state index contributed by atoms with van der Waals surface area (Å²) in [5, 5.41) is 0. The minimum Gasteiger partial charge on any atom is -0.462 e. The van der Waals surface area contributed by atoms with Crippen LogP contribution in [0, 0.1) is 22.7 Å². The van der Waals surface area contributed by atoms with Gasteiger partial charge in [-0.3, -0.25) is 4.79 Å². The second-order valence-corrected chi connectivity index (χ2v) is 9.30. The highest BCUT2D eigenvalue weighted by molar-refractivity contribution is 5.85. The quantitative estimate of drug-likeness (QED) is 0.427. The molecule has 0 aromatic rings. The standard InChI is InChI=1S/C22H30O5/c1-14-10-18(27-15(2)23)21(4)17(6-5-8-22(21)13-26-22)20(14,3)9-7-16-11-19(24)25-12-16/h5,8,11,14,17-18H,6-7,9-10,12-13H2,1-4H3. The van der Waals surface area contributed by atoms with Crippen molar-refractivity contribution < 1.29 is 23.8 Å². The number of carbonyl (C=O) groups is 2. The van der Waals surface area contributed by atoms with Crippen LogP contribution >= 0.6 is 0 Å². The van der Waals surface area contributed by atoms with Gasteiger partial charge in [0.1, 0.15) is 18.3 Å². The van der Waals surface area contributed by atoms with Gasteiger partial charge in [0.05, 0.1) is 6.61 Å². The van der Waals surface area contributed by atoms with Crippen LogP contribution in [-0.2, 0) is 23.8 Å². The molecule has 0 bridgehead atoms. The van der Waals surface area contributed by atoms with Gasteiger partial charge in [-0.15, -0.1) is 0 Å². The third kappa shape index (κ3) is 2.77. The van der Waals surface area contributed by atoms with Crippen LogP contribution in [0.3, 0.4) is 0 Å². The molecule has 0 radical (unpaired) electrons. The first kappa shape index (κ1) is 18.7. The fraction of sp³-hybridized carbons (Fsp3) is 0.727. The van der Waals surface area contributed by atoms with Crippen LogP contribution in [0.5, 0.6) is 0 Å². The Kier molecular flexibility index (Phi) is 4.30. The van der Waals surface area contributed by atoms with Crippen molar-refractivity contribution in [1.29, 1.82) is 0 Å². The van der Waals surface area contributed by atoms with Gasteiger partial charge in [0.15, 0.2) is 0 Å². The van der Waals surface area contributed by atoms with Crippen LogP contribution in [0.2, 0.25) is 0 Å². The minimum atomic E-state index is -0.302. The number of esters is 2. The highest BCUT2D eigenvalue weighted by Gasteiger charge is 2.71. The van der Waals surface area contributed by atoms with Crippen LogP contribution in [-0.4, -0.2) is 36.9 Å². The third-order valence-electron chi connectivity index (χ3n) is 8.02. The Balaban J connectivity index is 1.65. The van der Waals surface area contributed by atoms with E-state index in [-0.39, 0.29) is 34.5 Å². The van der Waals surface area contributed by atoms with Gasteiger partial charge in [-0.25, -0.2) is 4.79 Å². The van der Waals surface area contributed by atoms with Crippen LogP contribution in [0.15, 0.2) is 23.8 Å². The summed E-state index contributed by atoms with van der Waals surface area (Å²) < 4.78 is 16.9. The highest BCUT2D eigenvalue weighted by Crippen LogP contribution is 2.67. The van der Waals surface area contributed by atoms with E-state index in [2.05, 4.69) is 32.9 Å². The maximum absolute atomic E-state index is 11.8. The number of ether oxygens (including phenoxy) is 3. The molecular weight excluding hydrogens is 344 g/mol. The average molecular weight is 374 g/mol. The molecule has 5 nitrogen and oxygen atoms in total. The SMILES string of the molecule is CC(=O)OC1CC(C)C(C)(CCC2=CC(=O)OC2)C2CC=CC3(CO3)C12C. The number of allylic oxidation sites excluding steroid dienone is 1. The van der Waals surface area contributed by atoms with Crippen molar-refractivity contribution in [2.75, 3.05) is 13.2 Å². The largest absolute Gasteiger partial charge is 0.462 e. The molecule has 2 aliphatic carbocycles. The van der Waals surface area contributed by atoms with Crippen molar-refractivity contribution in [3.8, 4) is 0 Å². The van der Waals surface area contributed by atoms with E-state index in [0.29, 0.717) is 25.0 Å². The Hall–Kier alpha value is -1.62. The molecule has 6 atom stereocenters. The summed E-state index contributed by atoms with van der Waals surface area (Å²) in [5.41, 5.74) is 0.622. The number of rotatable bonds is 4. The highest BCUT2D eigenvalue weighted by atomic mass is 16.6. The summed E-state index contributed by atoms with van der Waals surface area (Å²) >= 11 is 0. The Morgan fingerprint density at radius 2 is 2.11 bits per heavy atom. The summed E-state index contributed by atoms with van der Waals surface area (Å²) in [7, 11) is 0. The molecule has 1 saturated heterocycles. The van der Waals surface area contributed by atoms with Gasteiger partial charge < -0.3 is 14.2 Å². The molecule has 2 aliphatic heterocycles. The van der Waals surface area contributed by atoms with Gasteiger partial charge in [-0.2, -0.15) is 0 Å². The van der Waals surface area contributed by atoms with Crippen LogP contribution in [0.25, 0.3) is 0 Å². The van der Waals surface area contributed by atoms with Crippen molar-refractivity contribution >= 4 is 11.9 Å². The first-order valence-corrected chi connectivity index (χ1v) is 10.1. The molecule has 2 heterocycles. The topological polar surface area (TPSA) is 65.1 Å². The van der Waals surface area contributed by atoms with Gasteiger partial charge in [0, 0.05) is 18.4 Å². The number of hydrogen-bond acceptors (Lipinski definition) is 5. The molecule has 1 saturated carbocycles. The Labute approximate surface area is 161 Å². The lowest BCUT2D eigenvalue weighted by molar-refractivity contribution is -0.192. The first-order valence-electron chi connectivity index (χ1n) is 10.1. The van der Waals surface area contributed by atoms with E-state index in [1.54, 1.807) is 6.08 Å².